The number of rotatable bonds is 7. The Balaban J connectivity index is 3.39. The molecule has 0 heterocycles. The average molecular weight is 204 g/mol. The maximum Gasteiger partial charge on any atom is 0.334 e. The molecule has 4 heteroatoms. The number of carbonyl (C=O) groups excluding carboxylic acids is 1. The summed E-state index contributed by atoms with van der Waals surface area (Å²) in [7, 11) is 0. The molecule has 0 aliphatic heterocycles. The van der Waals surface area contributed by atoms with Crippen molar-refractivity contribution in [3.63, 3.8) is 0 Å². The maximum absolute atomic E-state index is 10.8. The quantitative estimate of drug-likeness (QED) is 0.603. The third-order valence-corrected chi connectivity index (χ3v) is 1.93. The summed E-state index contributed by atoms with van der Waals surface area (Å²) in [6, 6.07) is 0. The van der Waals surface area contributed by atoms with Gasteiger partial charge in [0.1, 0.15) is 6.10 Å². The van der Waals surface area contributed by atoms with Gasteiger partial charge in [-0.25, -0.2) is 4.79 Å². The number of unbranched alkanes of at least 4 members (excludes halogenated alkanes) is 1. The van der Waals surface area contributed by atoms with E-state index in [0.717, 1.165) is 19.3 Å². The highest BCUT2D eigenvalue weighted by Gasteiger charge is 2.11. The summed E-state index contributed by atoms with van der Waals surface area (Å²) >= 11 is 0. The van der Waals surface area contributed by atoms with Crippen LogP contribution in [-0.4, -0.2) is 35.0 Å². The van der Waals surface area contributed by atoms with E-state index < -0.39 is 18.2 Å². The van der Waals surface area contributed by atoms with Gasteiger partial charge < -0.3 is 14.9 Å². The van der Waals surface area contributed by atoms with Gasteiger partial charge in [0.25, 0.3) is 0 Å². The fraction of sp³-hybridized carbons (Fsp3) is 0.900. The Hall–Kier alpha value is -0.610. The number of esters is 1. The number of carbonyl (C=O) groups is 1. The minimum Gasteiger partial charge on any atom is -0.464 e. The number of hydrogen-bond donors (Lipinski definition) is 2. The highest BCUT2D eigenvalue weighted by molar-refractivity contribution is 5.73. The summed E-state index contributed by atoms with van der Waals surface area (Å²) in [5.41, 5.74) is 0. The van der Waals surface area contributed by atoms with Crippen LogP contribution >= 0.6 is 0 Å². The lowest BCUT2D eigenvalue weighted by Crippen LogP contribution is -2.21. The monoisotopic (exact) mass is 204 g/mol. The molecule has 0 aromatic carbocycles. The topological polar surface area (TPSA) is 66.8 Å². The molecule has 0 fully saturated rings. The Morgan fingerprint density at radius 1 is 1.36 bits per heavy atom. The molecule has 0 aromatic heterocycles. The SMILES string of the molecule is CCCCC(O)CCOC(=O)C(C)O. The Labute approximate surface area is 84.9 Å². The van der Waals surface area contributed by atoms with Crippen molar-refractivity contribution in [1.82, 2.24) is 0 Å². The van der Waals surface area contributed by atoms with E-state index in [1.54, 1.807) is 0 Å². The maximum atomic E-state index is 10.8. The minimum absolute atomic E-state index is 0.175. The first-order valence-corrected chi connectivity index (χ1v) is 5.10. The molecule has 0 bridgehead atoms. The molecule has 84 valence electrons. The molecule has 0 aromatic rings. The van der Waals surface area contributed by atoms with Crippen LogP contribution in [0.2, 0.25) is 0 Å². The van der Waals surface area contributed by atoms with E-state index in [1.165, 1.54) is 6.92 Å². The zero-order valence-corrected chi connectivity index (χ0v) is 8.90. The van der Waals surface area contributed by atoms with Gasteiger partial charge in [0.05, 0.1) is 12.7 Å². The summed E-state index contributed by atoms with van der Waals surface area (Å²) in [6.07, 6.45) is 1.72. The molecule has 0 aliphatic carbocycles. The lowest BCUT2D eigenvalue weighted by molar-refractivity contribution is -0.153. The molecule has 0 aliphatic rings. The molecular formula is C10H20O4. The molecule has 0 rings (SSSR count). The van der Waals surface area contributed by atoms with Crippen LogP contribution in [-0.2, 0) is 9.53 Å². The van der Waals surface area contributed by atoms with Crippen LogP contribution in [0.3, 0.4) is 0 Å². The molecule has 2 atom stereocenters. The van der Waals surface area contributed by atoms with E-state index in [-0.39, 0.29) is 6.61 Å². The van der Waals surface area contributed by atoms with Crippen molar-refractivity contribution in [2.75, 3.05) is 6.61 Å². The second-order valence-corrected chi connectivity index (χ2v) is 3.43. The fourth-order valence-electron chi connectivity index (χ4n) is 1.00. The molecule has 0 saturated heterocycles. The lowest BCUT2D eigenvalue weighted by Gasteiger charge is -2.10. The van der Waals surface area contributed by atoms with Crippen LogP contribution in [0.4, 0.5) is 0 Å². The van der Waals surface area contributed by atoms with Crippen LogP contribution in [0.5, 0.6) is 0 Å². The molecule has 2 N–H and O–H groups in total. The lowest BCUT2D eigenvalue weighted by atomic mass is 10.1. The first kappa shape index (κ1) is 13.4. The number of aliphatic hydroxyl groups excluding tert-OH is 2. The third kappa shape index (κ3) is 6.86. The Bertz CT molecular complexity index is 156. The summed E-state index contributed by atoms with van der Waals surface area (Å²) in [5.74, 6) is -0.632. The summed E-state index contributed by atoms with van der Waals surface area (Å²) in [4.78, 5) is 10.8. The highest BCUT2D eigenvalue weighted by atomic mass is 16.5. The van der Waals surface area contributed by atoms with E-state index in [2.05, 4.69) is 6.92 Å². The Morgan fingerprint density at radius 2 is 2.00 bits per heavy atom. The normalized spacial score (nSPS) is 14.9. The van der Waals surface area contributed by atoms with E-state index in [1.807, 2.05) is 0 Å². The Morgan fingerprint density at radius 3 is 2.50 bits per heavy atom. The molecule has 0 radical (unpaired) electrons. The van der Waals surface area contributed by atoms with Crippen molar-refractivity contribution in [1.29, 1.82) is 0 Å². The summed E-state index contributed by atoms with van der Waals surface area (Å²) in [5, 5.41) is 18.2. The van der Waals surface area contributed by atoms with E-state index in [9.17, 15) is 9.90 Å². The van der Waals surface area contributed by atoms with Crippen molar-refractivity contribution in [2.24, 2.45) is 0 Å². The summed E-state index contributed by atoms with van der Waals surface area (Å²) < 4.78 is 4.71. The van der Waals surface area contributed by atoms with Crippen LogP contribution in [0, 0.1) is 0 Å². The van der Waals surface area contributed by atoms with Gasteiger partial charge in [-0.05, 0) is 13.3 Å². The van der Waals surface area contributed by atoms with Gasteiger partial charge in [0.15, 0.2) is 0 Å². The van der Waals surface area contributed by atoms with Crippen molar-refractivity contribution >= 4 is 5.97 Å². The van der Waals surface area contributed by atoms with Gasteiger partial charge in [-0.15, -0.1) is 0 Å². The van der Waals surface area contributed by atoms with Gasteiger partial charge in [0.2, 0.25) is 0 Å². The third-order valence-electron chi connectivity index (χ3n) is 1.93. The molecule has 0 saturated carbocycles. The van der Waals surface area contributed by atoms with Crippen LogP contribution in [0.15, 0.2) is 0 Å². The summed E-state index contributed by atoms with van der Waals surface area (Å²) in [6.45, 7) is 3.59. The van der Waals surface area contributed by atoms with Crippen molar-refractivity contribution in [2.45, 2.75) is 51.7 Å². The van der Waals surface area contributed by atoms with Gasteiger partial charge in [-0.2, -0.15) is 0 Å². The van der Waals surface area contributed by atoms with Crippen LogP contribution in [0.1, 0.15) is 39.5 Å². The van der Waals surface area contributed by atoms with Crippen LogP contribution < -0.4 is 0 Å². The van der Waals surface area contributed by atoms with E-state index in [4.69, 9.17) is 9.84 Å². The predicted molar refractivity (Wildman–Crippen MR) is 52.8 cm³/mol. The standard InChI is InChI=1S/C10H20O4/c1-3-4-5-9(12)6-7-14-10(13)8(2)11/h8-9,11-12H,3-7H2,1-2H3. The number of aliphatic hydroxyl groups is 2. The highest BCUT2D eigenvalue weighted by Crippen LogP contribution is 2.04. The molecule has 0 spiro atoms. The van der Waals surface area contributed by atoms with E-state index in [0.29, 0.717) is 6.42 Å². The van der Waals surface area contributed by atoms with Gasteiger partial charge >= 0.3 is 5.97 Å². The largest absolute Gasteiger partial charge is 0.464 e. The second kappa shape index (κ2) is 7.76. The van der Waals surface area contributed by atoms with Crippen molar-refractivity contribution in [3.05, 3.63) is 0 Å². The Kier molecular flexibility index (Phi) is 7.42. The molecule has 4 nitrogen and oxygen atoms in total. The first-order chi connectivity index (χ1) is 6.57. The zero-order chi connectivity index (χ0) is 11.0. The fourth-order valence-corrected chi connectivity index (χ4v) is 1.00. The average Bonchev–Trinajstić information content (AvgIpc) is 2.14. The molecule has 14 heavy (non-hydrogen) atoms. The first-order valence-electron chi connectivity index (χ1n) is 5.10. The molecule has 2 unspecified atom stereocenters. The van der Waals surface area contributed by atoms with Gasteiger partial charge in [0, 0.05) is 6.42 Å². The predicted octanol–water partition coefficient (Wildman–Crippen LogP) is 0.852. The van der Waals surface area contributed by atoms with Crippen LogP contribution in [0.25, 0.3) is 0 Å². The zero-order valence-electron chi connectivity index (χ0n) is 8.90. The minimum atomic E-state index is -1.08. The van der Waals surface area contributed by atoms with Gasteiger partial charge in [-0.1, -0.05) is 19.8 Å². The van der Waals surface area contributed by atoms with Crippen molar-refractivity contribution < 1.29 is 19.7 Å². The second-order valence-electron chi connectivity index (χ2n) is 3.43. The van der Waals surface area contributed by atoms with E-state index >= 15 is 0 Å². The number of ether oxygens (including phenoxy) is 1. The van der Waals surface area contributed by atoms with Crippen molar-refractivity contribution in [3.8, 4) is 0 Å². The molecule has 0 amide bonds. The van der Waals surface area contributed by atoms with Gasteiger partial charge in [-0.3, -0.25) is 0 Å². The number of hydrogen-bond acceptors (Lipinski definition) is 4. The molecular weight excluding hydrogens is 184 g/mol. The smallest absolute Gasteiger partial charge is 0.334 e.